The standard InChI is InChI=1S/C12H12BrClO2/c1-12(2)10(15)6-11(12)16-9-5-7(13)3-4-8(9)14/h3-5,11H,6H2,1-2H3. The number of halogens is 2. The molecule has 1 fully saturated rings. The van der Waals surface area contributed by atoms with Gasteiger partial charge in [-0.2, -0.15) is 0 Å². The second kappa shape index (κ2) is 4.04. The van der Waals surface area contributed by atoms with Crippen LogP contribution in [0.25, 0.3) is 0 Å². The second-order valence-corrected chi connectivity index (χ2v) is 5.85. The topological polar surface area (TPSA) is 26.3 Å². The van der Waals surface area contributed by atoms with Crippen molar-refractivity contribution < 1.29 is 9.53 Å². The Bertz CT molecular complexity index is 443. The lowest BCUT2D eigenvalue weighted by molar-refractivity contribution is -0.148. The predicted octanol–water partition coefficient (Wildman–Crippen LogP) is 3.85. The van der Waals surface area contributed by atoms with Crippen LogP contribution in [0.4, 0.5) is 0 Å². The Labute approximate surface area is 108 Å². The number of ether oxygens (including phenoxy) is 1. The van der Waals surface area contributed by atoms with E-state index in [9.17, 15) is 4.79 Å². The lowest BCUT2D eigenvalue weighted by Crippen LogP contribution is -2.53. The van der Waals surface area contributed by atoms with Crippen molar-refractivity contribution in [2.75, 3.05) is 0 Å². The van der Waals surface area contributed by atoms with Gasteiger partial charge in [-0.1, -0.05) is 27.5 Å². The van der Waals surface area contributed by atoms with Gasteiger partial charge in [0.25, 0.3) is 0 Å². The van der Waals surface area contributed by atoms with Crippen molar-refractivity contribution in [1.29, 1.82) is 0 Å². The van der Waals surface area contributed by atoms with E-state index in [0.717, 1.165) is 4.47 Å². The van der Waals surface area contributed by atoms with Gasteiger partial charge in [0.05, 0.1) is 10.4 Å². The maximum atomic E-state index is 11.4. The lowest BCUT2D eigenvalue weighted by Gasteiger charge is -2.42. The Morgan fingerprint density at radius 1 is 1.50 bits per heavy atom. The molecule has 0 N–H and O–H groups in total. The van der Waals surface area contributed by atoms with E-state index in [-0.39, 0.29) is 11.9 Å². The number of Topliss-reactive ketones (excluding diaryl/α,β-unsaturated/α-hetero) is 1. The summed E-state index contributed by atoms with van der Waals surface area (Å²) >= 11 is 9.38. The molecule has 0 saturated heterocycles. The van der Waals surface area contributed by atoms with E-state index in [1.54, 1.807) is 6.07 Å². The molecule has 0 spiro atoms. The van der Waals surface area contributed by atoms with Crippen LogP contribution in [-0.2, 0) is 4.79 Å². The molecule has 0 aliphatic heterocycles. The molecule has 2 rings (SSSR count). The molecule has 0 radical (unpaired) electrons. The van der Waals surface area contributed by atoms with E-state index in [4.69, 9.17) is 16.3 Å². The molecule has 1 aliphatic carbocycles. The monoisotopic (exact) mass is 302 g/mol. The summed E-state index contributed by atoms with van der Waals surface area (Å²) in [5, 5.41) is 0.568. The summed E-state index contributed by atoms with van der Waals surface area (Å²) in [6.07, 6.45) is 0.391. The molecule has 1 aliphatic rings. The van der Waals surface area contributed by atoms with Crippen LogP contribution in [0.1, 0.15) is 20.3 Å². The van der Waals surface area contributed by atoms with Gasteiger partial charge >= 0.3 is 0 Å². The third-order valence-corrected chi connectivity index (χ3v) is 3.86. The quantitative estimate of drug-likeness (QED) is 0.829. The van der Waals surface area contributed by atoms with E-state index >= 15 is 0 Å². The summed E-state index contributed by atoms with van der Waals surface area (Å²) in [7, 11) is 0. The highest BCUT2D eigenvalue weighted by Crippen LogP contribution is 2.41. The Hall–Kier alpha value is -0.540. The van der Waals surface area contributed by atoms with Crippen molar-refractivity contribution in [1.82, 2.24) is 0 Å². The number of ketones is 1. The SMILES string of the molecule is CC1(C)C(=O)CC1Oc1cc(Br)ccc1Cl. The molecule has 0 aromatic heterocycles. The van der Waals surface area contributed by atoms with Gasteiger partial charge in [-0.3, -0.25) is 4.79 Å². The van der Waals surface area contributed by atoms with Gasteiger partial charge in [0.15, 0.2) is 0 Å². The fraction of sp³-hybridized carbons (Fsp3) is 0.417. The van der Waals surface area contributed by atoms with E-state index < -0.39 is 5.41 Å². The first-order chi connectivity index (χ1) is 7.41. The van der Waals surface area contributed by atoms with Crippen LogP contribution in [0, 0.1) is 5.41 Å². The van der Waals surface area contributed by atoms with Gasteiger partial charge in [0, 0.05) is 10.9 Å². The Morgan fingerprint density at radius 2 is 2.19 bits per heavy atom. The molecule has 0 bridgehead atoms. The van der Waals surface area contributed by atoms with Gasteiger partial charge in [-0.25, -0.2) is 0 Å². The number of hydrogen-bond donors (Lipinski definition) is 0. The summed E-state index contributed by atoms with van der Waals surface area (Å²) in [4.78, 5) is 11.4. The first-order valence-electron chi connectivity index (χ1n) is 5.06. The van der Waals surface area contributed by atoms with Crippen LogP contribution < -0.4 is 4.74 Å². The van der Waals surface area contributed by atoms with Crippen LogP contribution in [0.5, 0.6) is 5.75 Å². The Kier molecular flexibility index (Phi) is 3.01. The normalized spacial score (nSPS) is 22.8. The summed E-state index contributed by atoms with van der Waals surface area (Å²) in [5.41, 5.74) is -0.397. The minimum Gasteiger partial charge on any atom is -0.487 e. The van der Waals surface area contributed by atoms with Gasteiger partial charge in [-0.05, 0) is 32.0 Å². The average Bonchev–Trinajstić information content (AvgIpc) is 2.23. The molecule has 0 heterocycles. The highest BCUT2D eigenvalue weighted by atomic mass is 79.9. The maximum Gasteiger partial charge on any atom is 0.145 e. The van der Waals surface area contributed by atoms with E-state index in [0.29, 0.717) is 17.2 Å². The molecular formula is C12H12BrClO2. The Balaban J connectivity index is 2.16. The van der Waals surface area contributed by atoms with Crippen LogP contribution in [-0.4, -0.2) is 11.9 Å². The summed E-state index contributed by atoms with van der Waals surface area (Å²) in [5.74, 6) is 0.866. The third kappa shape index (κ3) is 1.98. The largest absolute Gasteiger partial charge is 0.487 e. The van der Waals surface area contributed by atoms with Crippen LogP contribution in [0.15, 0.2) is 22.7 Å². The number of carbonyl (C=O) groups excluding carboxylic acids is 1. The zero-order valence-electron chi connectivity index (χ0n) is 9.09. The van der Waals surface area contributed by atoms with Crippen LogP contribution >= 0.6 is 27.5 Å². The molecule has 4 heteroatoms. The smallest absolute Gasteiger partial charge is 0.145 e. The fourth-order valence-electron chi connectivity index (χ4n) is 1.64. The van der Waals surface area contributed by atoms with Gasteiger partial charge in [-0.15, -0.1) is 0 Å². The molecule has 1 aromatic rings. The zero-order chi connectivity index (χ0) is 11.9. The van der Waals surface area contributed by atoms with Gasteiger partial charge < -0.3 is 4.74 Å². The number of hydrogen-bond acceptors (Lipinski definition) is 2. The van der Waals surface area contributed by atoms with E-state index in [2.05, 4.69) is 15.9 Å². The molecule has 16 heavy (non-hydrogen) atoms. The van der Waals surface area contributed by atoms with E-state index in [1.165, 1.54) is 0 Å². The van der Waals surface area contributed by atoms with Crippen molar-refractivity contribution in [2.45, 2.75) is 26.4 Å². The molecule has 1 aromatic carbocycles. The number of carbonyl (C=O) groups is 1. The second-order valence-electron chi connectivity index (χ2n) is 4.53. The van der Waals surface area contributed by atoms with Crippen LogP contribution in [0.2, 0.25) is 5.02 Å². The maximum absolute atomic E-state index is 11.4. The van der Waals surface area contributed by atoms with Crippen molar-refractivity contribution in [3.8, 4) is 5.75 Å². The van der Waals surface area contributed by atoms with Crippen molar-refractivity contribution in [3.63, 3.8) is 0 Å². The molecule has 0 amide bonds. The summed E-state index contributed by atoms with van der Waals surface area (Å²) < 4.78 is 6.68. The molecular weight excluding hydrogens is 291 g/mol. The summed E-state index contributed by atoms with van der Waals surface area (Å²) in [6, 6.07) is 5.45. The zero-order valence-corrected chi connectivity index (χ0v) is 11.4. The average molecular weight is 304 g/mol. The number of benzene rings is 1. The summed E-state index contributed by atoms with van der Waals surface area (Å²) in [6.45, 7) is 3.80. The first-order valence-corrected chi connectivity index (χ1v) is 6.23. The highest BCUT2D eigenvalue weighted by molar-refractivity contribution is 9.10. The third-order valence-electron chi connectivity index (χ3n) is 3.06. The van der Waals surface area contributed by atoms with Crippen LogP contribution in [0.3, 0.4) is 0 Å². The molecule has 2 nitrogen and oxygen atoms in total. The predicted molar refractivity (Wildman–Crippen MR) is 67.0 cm³/mol. The lowest BCUT2D eigenvalue weighted by atomic mass is 9.68. The fourth-order valence-corrected chi connectivity index (χ4v) is 2.15. The Morgan fingerprint density at radius 3 is 2.75 bits per heavy atom. The molecule has 86 valence electrons. The minimum absolute atomic E-state index is 0.0770. The number of rotatable bonds is 2. The van der Waals surface area contributed by atoms with E-state index in [1.807, 2.05) is 26.0 Å². The van der Waals surface area contributed by atoms with Crippen molar-refractivity contribution in [2.24, 2.45) is 5.41 Å². The first kappa shape index (κ1) is 11.9. The van der Waals surface area contributed by atoms with Gasteiger partial charge in [0.2, 0.25) is 0 Å². The molecule has 1 unspecified atom stereocenters. The molecule has 1 atom stereocenters. The highest BCUT2D eigenvalue weighted by Gasteiger charge is 2.49. The molecule has 1 saturated carbocycles. The van der Waals surface area contributed by atoms with Crippen molar-refractivity contribution >= 4 is 33.3 Å². The van der Waals surface area contributed by atoms with Gasteiger partial charge in [0.1, 0.15) is 17.6 Å². The van der Waals surface area contributed by atoms with Crippen molar-refractivity contribution in [3.05, 3.63) is 27.7 Å². The minimum atomic E-state index is -0.397.